The Labute approximate surface area is 280 Å². The van der Waals surface area contributed by atoms with Crippen LogP contribution in [0.2, 0.25) is 0 Å². The maximum Gasteiger partial charge on any atom is 0.317 e. The zero-order valence-corrected chi connectivity index (χ0v) is 28.2. The second-order valence-corrected chi connectivity index (χ2v) is 16.4. The number of fused-ring (bicyclic) bond motifs is 3. The zero-order valence-electron chi connectivity index (χ0n) is 28.2. The van der Waals surface area contributed by atoms with Crippen molar-refractivity contribution >= 4 is 28.5 Å². The summed E-state index contributed by atoms with van der Waals surface area (Å²) in [6.45, 7) is 6.62. The molecule has 10 nitrogen and oxygen atoms in total. The van der Waals surface area contributed by atoms with E-state index in [-0.39, 0.29) is 23.3 Å². The van der Waals surface area contributed by atoms with Gasteiger partial charge in [-0.2, -0.15) is 0 Å². The van der Waals surface area contributed by atoms with E-state index in [2.05, 4.69) is 28.9 Å². The van der Waals surface area contributed by atoms with E-state index in [1.165, 1.54) is 25.7 Å². The number of aromatic nitrogens is 4. The Morgan fingerprint density at radius 3 is 2.52 bits per heavy atom. The lowest BCUT2D eigenvalue weighted by atomic mass is 9.44. The van der Waals surface area contributed by atoms with Gasteiger partial charge in [0.1, 0.15) is 17.0 Å². The standard InChI is InChI=1S/C38H45N7O3/c1-20(40-36(47)43-7-4-8-43)29-6-5-23-10-30(44(35(23)41-29)19-37-14-22(15-37)16-37)34-21(2)45-32(42-34)11-24(12-33(45)48-3)31(46)18-38-17-25-9-26(38)27(38)13-28(25)39/h5-6,10-12,20,22,25-28H,4,7-9,13-19,39H2,1-3H3,(H,40,47)/t20-,22?,25+,26-,27+,28-,37?,38?/m1/s1. The SMILES string of the molecule is COc1cc(C(=O)CC23C[C@@H]4C[C@@H]2[C@@H]3C[C@H]4N)cc2nc(-c3cc4ccc([C@@H](C)NC(=O)N5CCC5)nc4n3CC34CC(C3)C4)c(C)n12. The van der Waals surface area contributed by atoms with Gasteiger partial charge in [0, 0.05) is 49.1 Å². The first-order valence-corrected chi connectivity index (χ1v) is 18.1. The highest BCUT2D eigenvalue weighted by Gasteiger charge is 2.72. The first-order chi connectivity index (χ1) is 23.1. The van der Waals surface area contributed by atoms with Gasteiger partial charge in [-0.15, -0.1) is 0 Å². The van der Waals surface area contributed by atoms with E-state index in [9.17, 15) is 9.59 Å². The molecule has 8 aliphatic rings. The lowest BCUT2D eigenvalue weighted by Crippen LogP contribution is -2.54. The van der Waals surface area contributed by atoms with Gasteiger partial charge in [0.25, 0.3) is 0 Å². The summed E-state index contributed by atoms with van der Waals surface area (Å²) in [5.74, 6) is 3.55. The Morgan fingerprint density at radius 1 is 1.08 bits per heavy atom. The van der Waals surface area contributed by atoms with Gasteiger partial charge in [-0.1, -0.05) is 0 Å². The van der Waals surface area contributed by atoms with E-state index < -0.39 is 0 Å². The summed E-state index contributed by atoms with van der Waals surface area (Å²) >= 11 is 0. The number of carbonyl (C=O) groups is 2. The number of urea groups is 1. The molecule has 2 amide bonds. The number of imidazole rings is 1. The number of rotatable bonds is 9. The number of nitrogens with two attached hydrogens (primary N) is 1. The van der Waals surface area contributed by atoms with Gasteiger partial charge in [-0.05, 0) is 118 Å². The van der Waals surface area contributed by atoms with Crippen LogP contribution in [0, 0.1) is 41.4 Å². The molecule has 48 heavy (non-hydrogen) atoms. The number of nitrogens with zero attached hydrogens (tertiary/aromatic N) is 5. The van der Waals surface area contributed by atoms with Crippen molar-refractivity contribution in [3.63, 3.8) is 0 Å². The van der Waals surface area contributed by atoms with Crippen LogP contribution in [0.1, 0.15) is 86.1 Å². The second-order valence-electron chi connectivity index (χ2n) is 16.4. The van der Waals surface area contributed by atoms with Crippen LogP contribution in [-0.2, 0) is 6.54 Å². The number of pyridine rings is 2. The Kier molecular flexibility index (Phi) is 5.95. The van der Waals surface area contributed by atoms with Crippen LogP contribution in [0.25, 0.3) is 28.1 Å². The van der Waals surface area contributed by atoms with Crippen molar-refractivity contribution in [2.24, 2.45) is 40.2 Å². The van der Waals surface area contributed by atoms with Crippen molar-refractivity contribution in [3.05, 3.63) is 47.3 Å². The van der Waals surface area contributed by atoms with E-state index in [1.807, 2.05) is 34.4 Å². The number of likely N-dealkylation sites (tertiary alicyclic amines) is 1. The van der Waals surface area contributed by atoms with Crippen LogP contribution >= 0.6 is 0 Å². The molecular formula is C38H45N7O3. The molecule has 10 heteroatoms. The third kappa shape index (κ3) is 4.01. The predicted octanol–water partition coefficient (Wildman–Crippen LogP) is 5.89. The Hall–Kier alpha value is -3.92. The number of hydrogen-bond acceptors (Lipinski definition) is 6. The molecule has 250 valence electrons. The van der Waals surface area contributed by atoms with Gasteiger partial charge >= 0.3 is 6.03 Å². The van der Waals surface area contributed by atoms with Crippen molar-refractivity contribution in [1.29, 1.82) is 0 Å². The van der Waals surface area contributed by atoms with Crippen molar-refractivity contribution in [2.75, 3.05) is 20.2 Å². The lowest BCUT2D eigenvalue weighted by Gasteiger charge is -2.62. The number of ether oxygens (including phenoxy) is 1. The normalized spacial score (nSPS) is 32.8. The predicted molar refractivity (Wildman–Crippen MR) is 182 cm³/mol. The van der Waals surface area contributed by atoms with Crippen molar-refractivity contribution in [3.8, 4) is 17.3 Å². The molecule has 8 fully saturated rings. The molecule has 7 aliphatic carbocycles. The smallest absolute Gasteiger partial charge is 0.317 e. The molecule has 4 aromatic heterocycles. The number of Topliss-reactive ketones (excluding diaryl/α,β-unsaturated/α-hetero) is 1. The molecule has 7 saturated carbocycles. The van der Waals surface area contributed by atoms with Gasteiger partial charge in [-0.3, -0.25) is 9.20 Å². The van der Waals surface area contributed by atoms with Crippen molar-refractivity contribution < 1.29 is 14.3 Å². The summed E-state index contributed by atoms with van der Waals surface area (Å²) < 4.78 is 10.3. The number of hydrogen-bond donors (Lipinski definition) is 2. The number of ketones is 1. The molecule has 6 bridgehead atoms. The molecule has 1 aliphatic heterocycles. The number of methoxy groups -OCH3 is 1. The largest absolute Gasteiger partial charge is 0.482 e. The Balaban J connectivity index is 1.02. The van der Waals surface area contributed by atoms with Gasteiger partial charge in [0.2, 0.25) is 0 Å². The average Bonchev–Trinajstić information content (AvgIpc) is 3.31. The molecule has 4 aromatic rings. The fraction of sp³-hybridized carbons (Fsp3) is 0.579. The molecule has 1 unspecified atom stereocenters. The van der Waals surface area contributed by atoms with Gasteiger partial charge in [-0.25, -0.2) is 14.8 Å². The number of amides is 2. The highest BCUT2D eigenvalue weighted by Crippen LogP contribution is 2.77. The molecule has 6 atom stereocenters. The first kappa shape index (κ1) is 29.0. The van der Waals surface area contributed by atoms with Gasteiger partial charge < -0.3 is 25.3 Å². The highest BCUT2D eigenvalue weighted by molar-refractivity contribution is 5.98. The quantitative estimate of drug-likeness (QED) is 0.219. The maximum atomic E-state index is 13.9. The van der Waals surface area contributed by atoms with E-state index in [0.29, 0.717) is 47.1 Å². The lowest BCUT2D eigenvalue weighted by molar-refractivity contribution is -0.117. The minimum atomic E-state index is -0.206. The van der Waals surface area contributed by atoms with Crippen LogP contribution in [0.5, 0.6) is 5.88 Å². The van der Waals surface area contributed by atoms with Crippen LogP contribution < -0.4 is 15.8 Å². The maximum absolute atomic E-state index is 13.9. The summed E-state index contributed by atoms with van der Waals surface area (Å²) in [6, 6.07) is 10.3. The second kappa shape index (κ2) is 9.83. The van der Waals surface area contributed by atoms with Crippen LogP contribution in [0.15, 0.2) is 30.3 Å². The monoisotopic (exact) mass is 647 g/mol. The molecule has 0 aromatic carbocycles. The van der Waals surface area contributed by atoms with E-state index in [1.54, 1.807) is 7.11 Å². The van der Waals surface area contributed by atoms with Crippen LogP contribution in [-0.4, -0.2) is 61.9 Å². The number of nitrogens with one attached hydrogen (secondary N) is 1. The van der Waals surface area contributed by atoms with E-state index in [4.69, 9.17) is 20.4 Å². The zero-order chi connectivity index (χ0) is 32.7. The third-order valence-electron chi connectivity index (χ3n) is 13.7. The molecule has 12 rings (SSSR count). The fourth-order valence-electron chi connectivity index (χ4n) is 10.8. The third-order valence-corrected chi connectivity index (χ3v) is 13.7. The summed E-state index contributed by atoms with van der Waals surface area (Å²) in [4.78, 5) is 38.8. The van der Waals surface area contributed by atoms with Crippen molar-refractivity contribution in [1.82, 2.24) is 29.2 Å². The van der Waals surface area contributed by atoms with Gasteiger partial charge in [0.05, 0.1) is 30.2 Å². The fourth-order valence-corrected chi connectivity index (χ4v) is 10.8. The van der Waals surface area contributed by atoms with Gasteiger partial charge in [0.15, 0.2) is 11.7 Å². The first-order valence-electron chi connectivity index (χ1n) is 18.1. The van der Waals surface area contributed by atoms with Crippen LogP contribution in [0.3, 0.4) is 0 Å². The topological polar surface area (TPSA) is 120 Å². The molecule has 0 radical (unpaired) electrons. The van der Waals surface area contributed by atoms with Crippen molar-refractivity contribution in [2.45, 2.75) is 83.8 Å². The molecule has 1 saturated heterocycles. The molecule has 0 spiro atoms. The summed E-state index contributed by atoms with van der Waals surface area (Å²) in [6.07, 6.45) is 8.85. The van der Waals surface area contributed by atoms with E-state index >= 15 is 0 Å². The summed E-state index contributed by atoms with van der Waals surface area (Å²) in [5, 5.41) is 4.20. The molecule has 5 heterocycles. The summed E-state index contributed by atoms with van der Waals surface area (Å²) in [5.41, 5.74) is 13.0. The van der Waals surface area contributed by atoms with E-state index in [0.717, 1.165) is 84.3 Å². The van der Waals surface area contributed by atoms with Crippen LogP contribution in [0.4, 0.5) is 4.79 Å². The number of aryl methyl sites for hydroxylation is 1. The Bertz CT molecular complexity index is 2030. The summed E-state index contributed by atoms with van der Waals surface area (Å²) in [7, 11) is 1.67. The molecule has 3 N–H and O–H groups in total. The highest BCUT2D eigenvalue weighted by atomic mass is 16.5. The average molecular weight is 648 g/mol. The molecular weight excluding hydrogens is 602 g/mol. The number of carbonyl (C=O) groups excluding carboxylic acids is 2. The Morgan fingerprint density at radius 2 is 1.88 bits per heavy atom. The minimum Gasteiger partial charge on any atom is -0.482 e. The minimum absolute atomic E-state index is 0.0241.